The first-order chi connectivity index (χ1) is 61.5. The maximum atomic E-state index is 14.6. The summed E-state index contributed by atoms with van der Waals surface area (Å²) in [4.78, 5) is 185. The zero-order valence-electron chi connectivity index (χ0n) is 73.1. The number of unbranched alkanes of at least 4 members (excludes halogenated alkanes) is 6. The van der Waals surface area contributed by atoms with Gasteiger partial charge in [-0.05, 0) is 134 Å². The summed E-state index contributed by atoms with van der Waals surface area (Å²) in [5.41, 5.74) is -0.520. The predicted octanol–water partition coefficient (Wildman–Crippen LogP) is 10.9. The smallest absolute Gasteiger partial charge is 0.303 e. The minimum Gasteiger partial charge on any atom is -0.463 e. The first kappa shape index (κ1) is 95.5. The van der Waals surface area contributed by atoms with Gasteiger partial charge >= 0.3 is 71.6 Å². The van der Waals surface area contributed by atoms with Gasteiger partial charge in [-0.25, -0.2) is 9.97 Å². The van der Waals surface area contributed by atoms with Crippen molar-refractivity contribution in [2.75, 3.05) is 19.8 Å². The van der Waals surface area contributed by atoms with Gasteiger partial charge in [0.1, 0.15) is 55.4 Å². The number of H-pyrrole nitrogens is 2. The molecule has 5 aliphatic heterocycles. The second kappa shape index (κ2) is 42.0. The zero-order valence-corrected chi connectivity index (χ0v) is 73.1. The maximum Gasteiger partial charge on any atom is 0.303 e. The molecule has 2 N–H and O–H groups in total. The van der Waals surface area contributed by atoms with Crippen LogP contribution in [0.15, 0.2) is 97.1 Å². The van der Waals surface area contributed by atoms with E-state index in [2.05, 4.69) is 34.7 Å². The molecule has 5 aliphatic rings. The lowest BCUT2D eigenvalue weighted by molar-refractivity contribution is -0.348. The van der Waals surface area contributed by atoms with Gasteiger partial charge in [-0.2, -0.15) is 0 Å². The Morgan fingerprint density at radius 3 is 0.860 bits per heavy atom. The fourth-order valence-corrected chi connectivity index (χ4v) is 16.1. The normalized spacial score (nSPS) is 23.6. The van der Waals surface area contributed by atoms with Crippen LogP contribution in [0, 0.1) is 37.0 Å². The molecule has 0 aliphatic carbocycles. The Labute approximate surface area is 742 Å². The van der Waals surface area contributed by atoms with Crippen molar-refractivity contribution >= 4 is 118 Å². The highest BCUT2D eigenvalue weighted by Gasteiger charge is 2.68. The van der Waals surface area contributed by atoms with Gasteiger partial charge in [-0.3, -0.25) is 57.5 Å². The molecule has 0 unspecified atom stereocenters. The Morgan fingerprint density at radius 1 is 0.326 bits per heavy atom. The lowest BCUT2D eigenvalue weighted by Gasteiger charge is -2.51. The monoisotopic (exact) mass is 1770 g/mol. The van der Waals surface area contributed by atoms with Crippen LogP contribution in [-0.2, 0) is 152 Å². The van der Waals surface area contributed by atoms with E-state index in [0.717, 1.165) is 115 Å². The number of terminal acetylenes is 3. The van der Waals surface area contributed by atoms with Gasteiger partial charge in [0.05, 0.1) is 56.0 Å². The minimum absolute atomic E-state index is 0.0507. The molecule has 6 aromatic rings. The third-order valence-electron chi connectivity index (χ3n) is 20.9. The van der Waals surface area contributed by atoms with Gasteiger partial charge in [0.2, 0.25) is 18.3 Å². The first-order valence-electron chi connectivity index (χ1n) is 41.4. The molecule has 8 heterocycles. The summed E-state index contributed by atoms with van der Waals surface area (Å²) in [5.74, 6) is -13.9. The number of hydrogen-bond acceptors (Lipinski definition) is 32. The molecule has 8 bridgehead atoms. The van der Waals surface area contributed by atoms with Crippen LogP contribution in [0.5, 0.6) is 17.2 Å². The molecule has 129 heavy (non-hydrogen) atoms. The quantitative estimate of drug-likeness (QED) is 0.0171. The molecule has 3 fully saturated rings. The number of nitrogens with one attached hydrogen (secondary N) is 2. The average Bonchev–Trinajstić information content (AvgIpc) is 1.67. The van der Waals surface area contributed by atoms with Crippen LogP contribution >= 0.6 is 0 Å². The summed E-state index contributed by atoms with van der Waals surface area (Å²) < 4.78 is 118. The average molecular weight is 1780 g/mol. The Kier molecular flexibility index (Phi) is 31.1. The van der Waals surface area contributed by atoms with E-state index in [9.17, 15) is 57.5 Å². The Morgan fingerprint density at radius 2 is 0.581 bits per heavy atom. The first-order valence-corrected chi connectivity index (χ1v) is 41.4. The number of aryl methyl sites for hydroxylation is 1. The number of benzene rings is 3. The van der Waals surface area contributed by atoms with E-state index >= 15 is 0 Å². The highest BCUT2D eigenvalue weighted by Crippen LogP contribution is 2.53. The fourth-order valence-electron chi connectivity index (χ4n) is 16.1. The molecule has 0 radical (unpaired) electrons. The summed E-state index contributed by atoms with van der Waals surface area (Å²) in [5, 5.41) is 0. The molecular weight excluding hydrogens is 1680 g/mol. The number of aromatic nitrogens is 4. The van der Waals surface area contributed by atoms with Crippen molar-refractivity contribution in [1.82, 2.24) is 19.9 Å². The van der Waals surface area contributed by atoms with Crippen LogP contribution in [-0.4, -0.2) is 185 Å². The number of esters is 12. The number of fused-ring (bicyclic) bond motifs is 8. The van der Waals surface area contributed by atoms with Gasteiger partial charge < -0.3 is 95.2 Å². The van der Waals surface area contributed by atoms with Crippen LogP contribution < -0.4 is 14.2 Å². The topological polar surface area (TPSA) is 428 Å². The van der Waals surface area contributed by atoms with Gasteiger partial charge in [0.25, 0.3) is 17.4 Å². The third-order valence-corrected chi connectivity index (χ3v) is 20.9. The van der Waals surface area contributed by atoms with Crippen molar-refractivity contribution in [2.24, 2.45) is 0 Å². The number of carbonyl (C=O) groups excluding carboxylic acids is 12. The van der Waals surface area contributed by atoms with E-state index in [1.165, 1.54) is 97.1 Å². The predicted molar refractivity (Wildman–Crippen MR) is 455 cm³/mol. The Balaban J connectivity index is 1.47. The van der Waals surface area contributed by atoms with E-state index in [4.69, 9.17) is 115 Å². The summed E-state index contributed by atoms with van der Waals surface area (Å²) in [6.07, 6.45) is 5.81. The number of ether oxygens (including phenoxy) is 18. The highest BCUT2D eigenvalue weighted by atomic mass is 16.8. The number of nitrogens with zero attached hydrogens (tertiary/aromatic N) is 2. The van der Waals surface area contributed by atoms with E-state index in [1.807, 2.05) is 0 Å². The standard InChI is InChI=1S/C95H98N4O30/c1-17-21-22-23-24-25-26-27-69-70-40-42-72(96-70)81(93(124-66-34-28-63(18-2)29-35-66)90(121-60(14)109)87(118-57(11)106)84(115-54(8)103)78(127-93)48-112-51(5)100)74-44-46-76(98-74)83(95(126-68-38-32-65(20-4)33-39-68)92(123-62(16)111)89(120-59(13)108)86(117-56(10)105)80(129-95)50-114-53(7)102)77-47-45-75(99-77)82(73-43-41-71(69)97-73)94(125-67-36-30-64(19-3)31-37-67)91(122-61(15)110)88(119-58(12)107)85(116-55(9)104)79(128-94)49-113-52(6)101/h2-4,28-47,78-80,84-92,96,99H,17,21-27,48-50H2,1,5-16H3/t78-,79-,80-,84-,85-,86-,87+,88+,89+,90+,91+,92+,93-,94-,95-/m1/s1. The lowest BCUT2D eigenvalue weighted by atomic mass is 9.86. The van der Waals surface area contributed by atoms with Crippen molar-refractivity contribution in [3.05, 3.63) is 159 Å². The molecule has 0 amide bonds. The number of carbonyl (C=O) groups is 12. The number of rotatable bonds is 32. The lowest BCUT2D eigenvalue weighted by Crippen LogP contribution is -2.68. The maximum absolute atomic E-state index is 14.6. The molecule has 11 rings (SSSR count). The van der Waals surface area contributed by atoms with Crippen LogP contribution in [0.2, 0.25) is 0 Å². The van der Waals surface area contributed by atoms with Crippen molar-refractivity contribution in [3.63, 3.8) is 0 Å². The number of aromatic amines is 2. The molecule has 0 spiro atoms. The number of hydrogen-bond donors (Lipinski definition) is 2. The van der Waals surface area contributed by atoms with Gasteiger partial charge in [-0.1, -0.05) is 63.2 Å². The third kappa shape index (κ3) is 22.5. The molecule has 34 nitrogen and oxygen atoms in total. The van der Waals surface area contributed by atoms with Gasteiger partial charge in [0, 0.05) is 111 Å². The van der Waals surface area contributed by atoms with Crippen LogP contribution in [0.25, 0.3) is 46.4 Å². The molecular formula is C95H98N4O30. The molecule has 3 saturated heterocycles. The zero-order chi connectivity index (χ0) is 93.3. The minimum atomic E-state index is -3.11. The van der Waals surface area contributed by atoms with Crippen molar-refractivity contribution < 1.29 is 143 Å². The summed E-state index contributed by atoms with van der Waals surface area (Å²) in [6.45, 7) is 11.9. The fraction of sp³-hybridized carbons (Fsp3) is 0.411. The molecule has 15 atom stereocenters. The molecule has 34 heteroatoms. The molecule has 3 aromatic carbocycles. The van der Waals surface area contributed by atoms with E-state index in [-0.39, 0.29) is 85.2 Å². The van der Waals surface area contributed by atoms with Gasteiger partial charge in [-0.15, -0.1) is 19.3 Å². The Hall–Kier alpha value is -14.1. The molecule has 3 aromatic heterocycles. The Bertz CT molecular complexity index is 5500. The summed E-state index contributed by atoms with van der Waals surface area (Å²) in [6, 6.07) is 23.5. The van der Waals surface area contributed by atoms with Crippen molar-refractivity contribution in [3.8, 4) is 54.3 Å². The van der Waals surface area contributed by atoms with Gasteiger partial charge in [0.15, 0.2) is 36.6 Å². The van der Waals surface area contributed by atoms with E-state index in [0.29, 0.717) is 29.5 Å². The second-order valence-corrected chi connectivity index (χ2v) is 30.7. The van der Waals surface area contributed by atoms with Crippen LogP contribution in [0.3, 0.4) is 0 Å². The second-order valence-electron chi connectivity index (χ2n) is 30.7. The highest BCUT2D eigenvalue weighted by molar-refractivity contribution is 5.86. The van der Waals surface area contributed by atoms with E-state index < -0.39 is 188 Å². The van der Waals surface area contributed by atoms with Crippen molar-refractivity contribution in [2.45, 2.75) is 232 Å². The summed E-state index contributed by atoms with van der Waals surface area (Å²) >= 11 is 0. The van der Waals surface area contributed by atoms with E-state index in [1.54, 1.807) is 24.3 Å². The molecule has 0 saturated carbocycles. The summed E-state index contributed by atoms with van der Waals surface area (Å²) in [7, 11) is 0. The van der Waals surface area contributed by atoms with Crippen LogP contribution in [0.1, 0.15) is 197 Å². The largest absolute Gasteiger partial charge is 0.463 e. The van der Waals surface area contributed by atoms with Crippen molar-refractivity contribution in [1.29, 1.82) is 0 Å². The molecule has 678 valence electrons. The SMILES string of the molecule is C#Cc1ccc(O[C@]2(c3c4nc(c([C@@]5(Oc6ccc(C#C)cc6)O[C@H](COC(C)=O)[C@@H](OC(C)=O)[C@H](OC(C)=O)[C@@H]5OC(C)=O)c5ccc([nH]5)c([C@@]5(Oc6ccc(C#C)cc6)O[C@H](COC(C)=O)[C@@H](OC(C)=O)[C@H](OC(C)=O)[C@@H]5OC(C)=O)c5nc(c(CCCCCCCCC)c6ccc3[nH]6)C=C5)C=C4)O[C@H](COC(C)=O)[C@@H](OC(C)=O)[C@H](OC(C)=O)[C@@H]2OC(C)=O)cc1. The van der Waals surface area contributed by atoms with Crippen LogP contribution in [0.4, 0.5) is 0 Å².